The number of amides is 1. The Balaban J connectivity index is 1.83. The van der Waals surface area contributed by atoms with Gasteiger partial charge in [0.1, 0.15) is 0 Å². The molecule has 1 saturated heterocycles. The topological polar surface area (TPSA) is 88.5 Å². The molecule has 1 unspecified atom stereocenters. The molecule has 1 aliphatic rings. The predicted octanol–water partition coefficient (Wildman–Crippen LogP) is 0.794. The molecule has 1 fully saturated rings. The van der Waals surface area contributed by atoms with Crippen LogP contribution in [0.4, 0.5) is 0 Å². The van der Waals surface area contributed by atoms with Gasteiger partial charge < -0.3 is 15.2 Å². The number of hydrogen-bond acceptors (Lipinski definition) is 6. The largest absolute Gasteiger partial charge is 0.339 e. The number of nitrogens with two attached hydrogens (primary N) is 1. The van der Waals surface area contributed by atoms with E-state index in [4.69, 9.17) is 10.3 Å². The SMILES string of the molecule is CCCC(C)(N)C(=O)N1CCN(Cc2noc(CC)n2)CC1. The van der Waals surface area contributed by atoms with Crippen molar-refractivity contribution in [2.24, 2.45) is 5.73 Å². The highest BCUT2D eigenvalue weighted by molar-refractivity contribution is 5.85. The van der Waals surface area contributed by atoms with Gasteiger partial charge in [-0.15, -0.1) is 0 Å². The zero-order valence-corrected chi connectivity index (χ0v) is 13.8. The third-order valence-corrected chi connectivity index (χ3v) is 4.10. The fourth-order valence-electron chi connectivity index (χ4n) is 2.79. The van der Waals surface area contributed by atoms with Crippen LogP contribution in [0.25, 0.3) is 0 Å². The summed E-state index contributed by atoms with van der Waals surface area (Å²) in [7, 11) is 0. The Hall–Kier alpha value is -1.47. The molecule has 0 saturated carbocycles. The van der Waals surface area contributed by atoms with Gasteiger partial charge in [0.2, 0.25) is 11.8 Å². The van der Waals surface area contributed by atoms with Crippen LogP contribution in [-0.2, 0) is 17.8 Å². The molecule has 2 N–H and O–H groups in total. The molecule has 22 heavy (non-hydrogen) atoms. The number of piperazine rings is 1. The Labute approximate surface area is 131 Å². The van der Waals surface area contributed by atoms with Crippen LogP contribution in [0.3, 0.4) is 0 Å². The van der Waals surface area contributed by atoms with Crippen LogP contribution in [0.2, 0.25) is 0 Å². The molecule has 2 rings (SSSR count). The van der Waals surface area contributed by atoms with E-state index in [0.29, 0.717) is 37.8 Å². The minimum Gasteiger partial charge on any atom is -0.339 e. The van der Waals surface area contributed by atoms with E-state index in [-0.39, 0.29) is 5.91 Å². The van der Waals surface area contributed by atoms with Crippen molar-refractivity contribution in [2.45, 2.75) is 52.1 Å². The Morgan fingerprint density at radius 2 is 2.00 bits per heavy atom. The molecular formula is C15H27N5O2. The summed E-state index contributed by atoms with van der Waals surface area (Å²) in [5.74, 6) is 1.44. The lowest BCUT2D eigenvalue weighted by Gasteiger charge is -2.38. The van der Waals surface area contributed by atoms with Gasteiger partial charge in [0.05, 0.1) is 12.1 Å². The van der Waals surface area contributed by atoms with Crippen LogP contribution in [0.15, 0.2) is 4.52 Å². The predicted molar refractivity (Wildman–Crippen MR) is 83.0 cm³/mol. The molecular weight excluding hydrogens is 282 g/mol. The smallest absolute Gasteiger partial charge is 0.242 e. The monoisotopic (exact) mass is 309 g/mol. The minimum atomic E-state index is -0.749. The summed E-state index contributed by atoms with van der Waals surface area (Å²) < 4.78 is 5.12. The van der Waals surface area contributed by atoms with Crippen molar-refractivity contribution in [2.75, 3.05) is 26.2 Å². The molecule has 0 bridgehead atoms. The normalized spacial score (nSPS) is 19.2. The molecule has 0 spiro atoms. The first-order chi connectivity index (χ1) is 10.5. The standard InChI is InChI=1S/C15H27N5O2/c1-4-6-15(3,16)14(21)20-9-7-19(8-10-20)11-12-17-13(5-2)22-18-12/h4-11,16H2,1-3H3. The lowest BCUT2D eigenvalue weighted by atomic mass is 9.95. The van der Waals surface area contributed by atoms with Crippen LogP contribution >= 0.6 is 0 Å². The quantitative estimate of drug-likeness (QED) is 0.836. The third-order valence-electron chi connectivity index (χ3n) is 4.10. The highest BCUT2D eigenvalue weighted by Gasteiger charge is 2.33. The van der Waals surface area contributed by atoms with E-state index in [9.17, 15) is 4.79 Å². The fraction of sp³-hybridized carbons (Fsp3) is 0.800. The molecule has 1 aliphatic heterocycles. The molecule has 1 atom stereocenters. The van der Waals surface area contributed by atoms with Gasteiger partial charge in [-0.05, 0) is 13.3 Å². The first kappa shape index (κ1) is 16.9. The zero-order chi connectivity index (χ0) is 16.2. The first-order valence-corrected chi connectivity index (χ1v) is 8.08. The molecule has 7 heteroatoms. The zero-order valence-electron chi connectivity index (χ0n) is 13.8. The number of aryl methyl sites for hydroxylation is 1. The second-order valence-corrected chi connectivity index (χ2v) is 6.19. The van der Waals surface area contributed by atoms with E-state index >= 15 is 0 Å². The highest BCUT2D eigenvalue weighted by atomic mass is 16.5. The molecule has 0 aromatic carbocycles. The van der Waals surface area contributed by atoms with Crippen molar-refractivity contribution in [3.05, 3.63) is 11.7 Å². The molecule has 1 aromatic heterocycles. The molecule has 124 valence electrons. The van der Waals surface area contributed by atoms with Crippen molar-refractivity contribution in [3.8, 4) is 0 Å². The number of carbonyl (C=O) groups excluding carboxylic acids is 1. The summed E-state index contributed by atoms with van der Waals surface area (Å²) in [5, 5.41) is 3.97. The summed E-state index contributed by atoms with van der Waals surface area (Å²) in [5.41, 5.74) is 5.39. The van der Waals surface area contributed by atoms with Gasteiger partial charge in [0.25, 0.3) is 0 Å². The average molecular weight is 309 g/mol. The van der Waals surface area contributed by atoms with Crippen LogP contribution in [-0.4, -0.2) is 57.6 Å². The van der Waals surface area contributed by atoms with Gasteiger partial charge in [-0.2, -0.15) is 4.98 Å². The number of hydrogen-bond donors (Lipinski definition) is 1. The lowest BCUT2D eigenvalue weighted by molar-refractivity contribution is -0.138. The average Bonchev–Trinajstić information content (AvgIpc) is 2.95. The third kappa shape index (κ3) is 4.04. The van der Waals surface area contributed by atoms with E-state index in [1.807, 2.05) is 25.7 Å². The molecule has 1 amide bonds. The van der Waals surface area contributed by atoms with E-state index < -0.39 is 5.54 Å². The molecule has 0 aliphatic carbocycles. The molecule has 7 nitrogen and oxygen atoms in total. The summed E-state index contributed by atoms with van der Waals surface area (Å²) in [4.78, 5) is 20.9. The summed E-state index contributed by atoms with van der Waals surface area (Å²) in [6.45, 7) is 9.56. The minimum absolute atomic E-state index is 0.0573. The summed E-state index contributed by atoms with van der Waals surface area (Å²) >= 11 is 0. The Morgan fingerprint density at radius 3 is 2.55 bits per heavy atom. The maximum Gasteiger partial charge on any atom is 0.242 e. The van der Waals surface area contributed by atoms with Gasteiger partial charge >= 0.3 is 0 Å². The Morgan fingerprint density at radius 1 is 1.32 bits per heavy atom. The second kappa shape index (κ2) is 7.19. The molecule has 1 aromatic rings. The van der Waals surface area contributed by atoms with Gasteiger partial charge in [-0.3, -0.25) is 9.69 Å². The lowest BCUT2D eigenvalue weighted by Crippen LogP contribution is -2.58. The maximum absolute atomic E-state index is 12.5. The number of nitrogens with zero attached hydrogens (tertiary/aromatic N) is 4. The summed E-state index contributed by atoms with van der Waals surface area (Å²) in [6, 6.07) is 0. The Kier molecular flexibility index (Phi) is 5.52. The first-order valence-electron chi connectivity index (χ1n) is 8.08. The van der Waals surface area contributed by atoms with Crippen LogP contribution < -0.4 is 5.73 Å². The molecule has 0 radical (unpaired) electrons. The van der Waals surface area contributed by atoms with Crippen LogP contribution in [0.5, 0.6) is 0 Å². The Bertz CT molecular complexity index is 492. The number of aromatic nitrogens is 2. The van der Waals surface area contributed by atoms with E-state index in [2.05, 4.69) is 15.0 Å². The van der Waals surface area contributed by atoms with E-state index in [0.717, 1.165) is 25.9 Å². The second-order valence-electron chi connectivity index (χ2n) is 6.19. The van der Waals surface area contributed by atoms with Crippen molar-refractivity contribution in [3.63, 3.8) is 0 Å². The van der Waals surface area contributed by atoms with E-state index in [1.54, 1.807) is 0 Å². The van der Waals surface area contributed by atoms with Gasteiger partial charge in [-0.1, -0.05) is 25.4 Å². The van der Waals surface area contributed by atoms with Gasteiger partial charge in [0.15, 0.2) is 5.82 Å². The van der Waals surface area contributed by atoms with Crippen molar-refractivity contribution >= 4 is 5.91 Å². The van der Waals surface area contributed by atoms with Crippen LogP contribution in [0, 0.1) is 0 Å². The van der Waals surface area contributed by atoms with Gasteiger partial charge in [-0.25, -0.2) is 0 Å². The van der Waals surface area contributed by atoms with E-state index in [1.165, 1.54) is 0 Å². The number of carbonyl (C=O) groups is 1. The highest BCUT2D eigenvalue weighted by Crippen LogP contribution is 2.15. The fourth-order valence-corrected chi connectivity index (χ4v) is 2.79. The van der Waals surface area contributed by atoms with Crippen molar-refractivity contribution < 1.29 is 9.32 Å². The van der Waals surface area contributed by atoms with Crippen molar-refractivity contribution in [1.29, 1.82) is 0 Å². The maximum atomic E-state index is 12.5. The van der Waals surface area contributed by atoms with Crippen molar-refractivity contribution in [1.82, 2.24) is 19.9 Å². The number of rotatable bonds is 6. The van der Waals surface area contributed by atoms with Gasteiger partial charge in [0, 0.05) is 32.6 Å². The summed E-state index contributed by atoms with van der Waals surface area (Å²) in [6.07, 6.45) is 2.38. The van der Waals surface area contributed by atoms with Crippen LogP contribution in [0.1, 0.15) is 45.3 Å². The molecule has 2 heterocycles.